The Morgan fingerprint density at radius 3 is 1.91 bits per heavy atom. The Kier molecular flexibility index (Phi) is 4.98. The quantitative estimate of drug-likeness (QED) is 0.441. The van der Waals surface area contributed by atoms with Crippen molar-refractivity contribution >= 4 is 22.6 Å². The molecule has 2 aromatic carbocycles. The molecule has 0 aliphatic carbocycles. The molecule has 1 heterocycles. The molecular formula is C20H19IO. The zero-order chi connectivity index (χ0) is 15.4. The third-order valence-electron chi connectivity index (χ3n) is 3.79. The topological polar surface area (TPSA) is 13.1 Å². The molecule has 0 N–H and O–H groups in total. The van der Waals surface area contributed by atoms with Gasteiger partial charge in [-0.05, 0) is 35.4 Å². The molecule has 1 aromatic heterocycles. The van der Waals surface area contributed by atoms with Gasteiger partial charge in [-0.3, -0.25) is 0 Å². The number of benzene rings is 2. The van der Waals surface area contributed by atoms with Gasteiger partial charge in [0.1, 0.15) is 11.5 Å². The number of hydrogen-bond donors (Lipinski definition) is 0. The van der Waals surface area contributed by atoms with E-state index in [1.165, 1.54) is 22.0 Å². The van der Waals surface area contributed by atoms with Gasteiger partial charge in [0.25, 0.3) is 0 Å². The molecule has 112 valence electrons. The first-order valence-corrected chi connectivity index (χ1v) is 8.81. The second-order valence-corrected chi connectivity index (χ2v) is 6.47. The Bertz CT molecular complexity index is 729. The SMILES string of the molecule is CCCCc1c(-c2ccccc2)oc(-c2ccccc2)c1I. The molecule has 1 nitrogen and oxygen atoms in total. The number of unbranched alkanes of at least 4 members (excludes halogenated alkanes) is 1. The van der Waals surface area contributed by atoms with Crippen molar-refractivity contribution in [3.8, 4) is 22.6 Å². The molecule has 0 aliphatic rings. The van der Waals surface area contributed by atoms with E-state index in [-0.39, 0.29) is 0 Å². The first kappa shape index (κ1) is 15.3. The number of rotatable bonds is 5. The highest BCUT2D eigenvalue weighted by Gasteiger charge is 2.20. The van der Waals surface area contributed by atoms with Gasteiger partial charge in [-0.25, -0.2) is 0 Å². The van der Waals surface area contributed by atoms with Crippen LogP contribution in [0.15, 0.2) is 65.1 Å². The minimum Gasteiger partial charge on any atom is -0.455 e. The zero-order valence-corrected chi connectivity index (χ0v) is 14.8. The van der Waals surface area contributed by atoms with Gasteiger partial charge < -0.3 is 4.42 Å². The molecule has 2 heteroatoms. The predicted octanol–water partition coefficient (Wildman–Crippen LogP) is 6.56. The maximum absolute atomic E-state index is 6.31. The van der Waals surface area contributed by atoms with Gasteiger partial charge in [0.05, 0.1) is 3.57 Å². The van der Waals surface area contributed by atoms with Gasteiger partial charge >= 0.3 is 0 Å². The van der Waals surface area contributed by atoms with E-state index < -0.39 is 0 Å². The van der Waals surface area contributed by atoms with E-state index in [2.05, 4.69) is 78.0 Å². The molecule has 0 bridgehead atoms. The lowest BCUT2D eigenvalue weighted by molar-refractivity contribution is 0.592. The van der Waals surface area contributed by atoms with Crippen molar-refractivity contribution in [3.63, 3.8) is 0 Å². The van der Waals surface area contributed by atoms with E-state index in [9.17, 15) is 0 Å². The second kappa shape index (κ2) is 7.14. The first-order chi connectivity index (χ1) is 10.8. The van der Waals surface area contributed by atoms with E-state index in [0.29, 0.717) is 0 Å². The minimum absolute atomic E-state index is 0.992. The maximum Gasteiger partial charge on any atom is 0.148 e. The molecule has 0 fully saturated rings. The lowest BCUT2D eigenvalue weighted by atomic mass is 10.0. The van der Waals surface area contributed by atoms with Crippen LogP contribution >= 0.6 is 22.6 Å². The summed E-state index contributed by atoms with van der Waals surface area (Å²) in [7, 11) is 0. The average molecular weight is 402 g/mol. The predicted molar refractivity (Wildman–Crippen MR) is 101 cm³/mol. The smallest absolute Gasteiger partial charge is 0.148 e. The van der Waals surface area contributed by atoms with Crippen molar-refractivity contribution < 1.29 is 4.42 Å². The number of halogens is 1. The minimum atomic E-state index is 0.992. The second-order valence-electron chi connectivity index (χ2n) is 5.39. The largest absolute Gasteiger partial charge is 0.455 e. The summed E-state index contributed by atoms with van der Waals surface area (Å²) >= 11 is 2.44. The van der Waals surface area contributed by atoms with Crippen LogP contribution in [-0.2, 0) is 6.42 Å². The molecule has 0 atom stereocenters. The number of furan rings is 1. The van der Waals surface area contributed by atoms with E-state index in [1.807, 2.05) is 12.1 Å². The van der Waals surface area contributed by atoms with Gasteiger partial charge in [0.2, 0.25) is 0 Å². The Morgan fingerprint density at radius 2 is 1.36 bits per heavy atom. The van der Waals surface area contributed by atoms with Gasteiger partial charge in [0.15, 0.2) is 0 Å². The van der Waals surface area contributed by atoms with Crippen molar-refractivity contribution in [2.45, 2.75) is 26.2 Å². The van der Waals surface area contributed by atoms with Gasteiger partial charge in [-0.15, -0.1) is 0 Å². The Labute approximate surface area is 145 Å². The van der Waals surface area contributed by atoms with Crippen molar-refractivity contribution in [1.29, 1.82) is 0 Å². The van der Waals surface area contributed by atoms with E-state index >= 15 is 0 Å². The van der Waals surface area contributed by atoms with Crippen molar-refractivity contribution in [2.75, 3.05) is 0 Å². The van der Waals surface area contributed by atoms with Crippen LogP contribution in [0.4, 0.5) is 0 Å². The normalized spacial score (nSPS) is 10.8. The zero-order valence-electron chi connectivity index (χ0n) is 12.7. The first-order valence-electron chi connectivity index (χ1n) is 7.73. The monoisotopic (exact) mass is 402 g/mol. The van der Waals surface area contributed by atoms with Crippen LogP contribution in [0.2, 0.25) is 0 Å². The van der Waals surface area contributed by atoms with Crippen LogP contribution in [0.25, 0.3) is 22.6 Å². The molecule has 22 heavy (non-hydrogen) atoms. The highest BCUT2D eigenvalue weighted by atomic mass is 127. The van der Waals surface area contributed by atoms with Crippen LogP contribution in [0.1, 0.15) is 25.3 Å². The summed E-state index contributed by atoms with van der Waals surface area (Å²) < 4.78 is 7.55. The van der Waals surface area contributed by atoms with Gasteiger partial charge in [0, 0.05) is 16.7 Å². The standard InChI is InChI=1S/C20H19IO/c1-2-3-14-17-18(21)20(16-12-8-5-9-13-16)22-19(17)15-10-6-4-7-11-15/h4-13H,2-3,14H2,1H3. The van der Waals surface area contributed by atoms with Crippen LogP contribution in [0, 0.1) is 3.57 Å². The summed E-state index contributed by atoms with van der Waals surface area (Å²) in [6.45, 7) is 2.23. The molecule has 0 spiro atoms. The van der Waals surface area contributed by atoms with Crippen LogP contribution in [-0.4, -0.2) is 0 Å². The Balaban J connectivity index is 2.12. The van der Waals surface area contributed by atoms with Crippen LogP contribution in [0.3, 0.4) is 0 Å². The lowest BCUT2D eigenvalue weighted by Crippen LogP contribution is -1.89. The summed E-state index contributed by atoms with van der Waals surface area (Å²) in [5.74, 6) is 2.02. The van der Waals surface area contributed by atoms with E-state index in [0.717, 1.165) is 29.1 Å². The van der Waals surface area contributed by atoms with Crippen LogP contribution < -0.4 is 0 Å². The molecule has 3 rings (SSSR count). The molecule has 0 saturated heterocycles. The summed E-state index contributed by atoms with van der Waals surface area (Å²) in [6, 6.07) is 20.8. The summed E-state index contributed by atoms with van der Waals surface area (Å²) in [4.78, 5) is 0. The maximum atomic E-state index is 6.31. The third kappa shape index (κ3) is 3.12. The molecular weight excluding hydrogens is 383 g/mol. The molecule has 0 unspecified atom stereocenters. The highest BCUT2D eigenvalue weighted by molar-refractivity contribution is 14.1. The van der Waals surface area contributed by atoms with Crippen molar-refractivity contribution in [3.05, 3.63) is 69.8 Å². The summed E-state index contributed by atoms with van der Waals surface area (Å²) in [5.41, 5.74) is 3.65. The molecule has 0 radical (unpaired) electrons. The highest BCUT2D eigenvalue weighted by Crippen LogP contribution is 2.38. The van der Waals surface area contributed by atoms with E-state index in [1.54, 1.807) is 0 Å². The lowest BCUT2D eigenvalue weighted by Gasteiger charge is -2.02. The molecule has 0 saturated carbocycles. The van der Waals surface area contributed by atoms with E-state index in [4.69, 9.17) is 4.42 Å². The molecule has 3 aromatic rings. The summed E-state index contributed by atoms with van der Waals surface area (Å²) in [5, 5.41) is 0. The number of hydrogen-bond acceptors (Lipinski definition) is 1. The van der Waals surface area contributed by atoms with Crippen molar-refractivity contribution in [2.24, 2.45) is 0 Å². The Morgan fingerprint density at radius 1 is 0.818 bits per heavy atom. The van der Waals surface area contributed by atoms with Gasteiger partial charge in [-0.1, -0.05) is 74.0 Å². The molecule has 0 amide bonds. The average Bonchev–Trinajstić information content (AvgIpc) is 2.91. The summed E-state index contributed by atoms with van der Waals surface area (Å²) in [6.07, 6.45) is 3.44. The van der Waals surface area contributed by atoms with Crippen LogP contribution in [0.5, 0.6) is 0 Å². The van der Waals surface area contributed by atoms with Gasteiger partial charge in [-0.2, -0.15) is 0 Å². The third-order valence-corrected chi connectivity index (χ3v) is 4.94. The fourth-order valence-electron chi connectivity index (χ4n) is 2.62. The Hall–Kier alpha value is -1.55. The fraction of sp³-hybridized carbons (Fsp3) is 0.200. The fourth-order valence-corrected chi connectivity index (χ4v) is 3.56. The molecule has 0 aliphatic heterocycles. The van der Waals surface area contributed by atoms with Crippen molar-refractivity contribution in [1.82, 2.24) is 0 Å².